The van der Waals surface area contributed by atoms with Crippen molar-refractivity contribution >= 4 is 12.2 Å². The second-order valence-corrected chi connectivity index (χ2v) is 2.99. The number of aliphatic imine (C=N–C) groups is 1. The number of pyridine rings is 1. The first-order valence-corrected chi connectivity index (χ1v) is 4.52. The van der Waals surface area contributed by atoms with Gasteiger partial charge in [0.2, 0.25) is 0 Å². The molecule has 0 fully saturated rings. The van der Waals surface area contributed by atoms with Crippen LogP contribution >= 0.6 is 0 Å². The van der Waals surface area contributed by atoms with Crippen molar-refractivity contribution in [2.75, 3.05) is 20.7 Å². The first-order chi connectivity index (χ1) is 6.72. The van der Waals surface area contributed by atoms with E-state index in [1.165, 1.54) is 0 Å². The van der Waals surface area contributed by atoms with Gasteiger partial charge in [-0.05, 0) is 13.0 Å². The highest BCUT2D eigenvalue weighted by atomic mass is 16.5. The summed E-state index contributed by atoms with van der Waals surface area (Å²) in [7, 11) is 3.83. The number of rotatable bonds is 4. The zero-order chi connectivity index (χ0) is 10.4. The Balaban J connectivity index is 2.73. The molecule has 0 bridgehead atoms. The molecule has 0 unspecified atom stereocenters. The molecule has 4 nitrogen and oxygen atoms in total. The molecule has 0 aliphatic rings. The van der Waals surface area contributed by atoms with Gasteiger partial charge in [-0.1, -0.05) is 0 Å². The van der Waals surface area contributed by atoms with Crippen LogP contribution in [0.1, 0.15) is 6.92 Å². The van der Waals surface area contributed by atoms with E-state index in [-0.39, 0.29) is 0 Å². The molecule has 0 radical (unpaired) electrons. The van der Waals surface area contributed by atoms with Crippen molar-refractivity contribution in [3.63, 3.8) is 0 Å². The van der Waals surface area contributed by atoms with Crippen molar-refractivity contribution in [3.8, 4) is 5.75 Å². The largest absolute Gasteiger partial charge is 0.494 e. The van der Waals surface area contributed by atoms with E-state index in [0.29, 0.717) is 12.4 Å². The standard InChI is InChI=1S/C10H15N3O/c1-4-14-9-5-6-11-10(7-9)12-8-13(2)3/h5-8H,4H2,1-3H3. The van der Waals surface area contributed by atoms with Crippen LogP contribution in [0.3, 0.4) is 0 Å². The third-order valence-electron chi connectivity index (χ3n) is 1.45. The summed E-state index contributed by atoms with van der Waals surface area (Å²) in [6.45, 7) is 2.60. The minimum Gasteiger partial charge on any atom is -0.494 e. The average molecular weight is 193 g/mol. The van der Waals surface area contributed by atoms with Gasteiger partial charge in [0.15, 0.2) is 5.82 Å². The van der Waals surface area contributed by atoms with E-state index in [1.807, 2.05) is 38.1 Å². The number of nitrogens with zero attached hydrogens (tertiary/aromatic N) is 3. The number of hydrogen-bond acceptors (Lipinski definition) is 3. The molecule has 0 N–H and O–H groups in total. The lowest BCUT2D eigenvalue weighted by Crippen LogP contribution is -2.07. The average Bonchev–Trinajstić information content (AvgIpc) is 2.16. The van der Waals surface area contributed by atoms with Gasteiger partial charge in [0.05, 0.1) is 12.9 Å². The van der Waals surface area contributed by atoms with Crippen molar-refractivity contribution in [1.29, 1.82) is 0 Å². The monoisotopic (exact) mass is 193 g/mol. The molecule has 14 heavy (non-hydrogen) atoms. The van der Waals surface area contributed by atoms with Crippen LogP contribution in [0.4, 0.5) is 5.82 Å². The van der Waals surface area contributed by atoms with E-state index >= 15 is 0 Å². The minimum atomic E-state index is 0.654. The summed E-state index contributed by atoms with van der Waals surface area (Å²) >= 11 is 0. The Morgan fingerprint density at radius 3 is 3.00 bits per heavy atom. The smallest absolute Gasteiger partial charge is 0.157 e. The van der Waals surface area contributed by atoms with Gasteiger partial charge < -0.3 is 9.64 Å². The first kappa shape index (κ1) is 10.5. The van der Waals surface area contributed by atoms with Crippen molar-refractivity contribution in [1.82, 2.24) is 9.88 Å². The molecule has 1 aromatic heterocycles. The Labute approximate surface area is 84.2 Å². The van der Waals surface area contributed by atoms with Crippen LogP contribution in [-0.4, -0.2) is 36.9 Å². The lowest BCUT2D eigenvalue weighted by atomic mass is 10.4. The van der Waals surface area contributed by atoms with Gasteiger partial charge in [-0.15, -0.1) is 0 Å². The highest BCUT2D eigenvalue weighted by Gasteiger charge is 1.94. The zero-order valence-electron chi connectivity index (χ0n) is 8.77. The van der Waals surface area contributed by atoms with Crippen LogP contribution in [0.25, 0.3) is 0 Å². The summed E-state index contributed by atoms with van der Waals surface area (Å²) < 4.78 is 5.33. The molecule has 1 aromatic rings. The highest BCUT2D eigenvalue weighted by Crippen LogP contribution is 2.16. The van der Waals surface area contributed by atoms with Crippen molar-refractivity contribution < 1.29 is 4.74 Å². The quantitative estimate of drug-likeness (QED) is 0.539. The Kier molecular flexibility index (Phi) is 3.91. The topological polar surface area (TPSA) is 37.7 Å². The maximum atomic E-state index is 5.33. The summed E-state index contributed by atoms with van der Waals surface area (Å²) in [4.78, 5) is 10.1. The van der Waals surface area contributed by atoms with Crippen molar-refractivity contribution in [3.05, 3.63) is 18.3 Å². The summed E-state index contributed by atoms with van der Waals surface area (Å²) in [5.41, 5.74) is 0. The van der Waals surface area contributed by atoms with Crippen LogP contribution < -0.4 is 4.74 Å². The maximum Gasteiger partial charge on any atom is 0.157 e. The molecule has 0 spiro atoms. The fraction of sp³-hybridized carbons (Fsp3) is 0.400. The second-order valence-electron chi connectivity index (χ2n) is 2.99. The normalized spacial score (nSPS) is 10.5. The molecule has 0 amide bonds. The molecule has 0 atom stereocenters. The van der Waals surface area contributed by atoms with Crippen LogP contribution in [0.2, 0.25) is 0 Å². The van der Waals surface area contributed by atoms with Gasteiger partial charge in [-0.3, -0.25) is 0 Å². The fourth-order valence-electron chi connectivity index (χ4n) is 0.901. The Bertz CT molecular complexity index is 310. The molecule has 0 aromatic carbocycles. The molecule has 4 heteroatoms. The van der Waals surface area contributed by atoms with Gasteiger partial charge in [0, 0.05) is 26.4 Å². The lowest BCUT2D eigenvalue weighted by Gasteiger charge is -2.04. The Morgan fingerprint density at radius 2 is 2.36 bits per heavy atom. The lowest BCUT2D eigenvalue weighted by molar-refractivity contribution is 0.340. The third-order valence-corrected chi connectivity index (χ3v) is 1.45. The summed E-state index contributed by atoms with van der Waals surface area (Å²) in [5, 5.41) is 0. The maximum absolute atomic E-state index is 5.33. The fourth-order valence-corrected chi connectivity index (χ4v) is 0.901. The molecule has 0 saturated carbocycles. The Hall–Kier alpha value is -1.58. The molecule has 1 rings (SSSR count). The highest BCUT2D eigenvalue weighted by molar-refractivity contribution is 5.59. The Morgan fingerprint density at radius 1 is 1.57 bits per heavy atom. The molecular formula is C10H15N3O. The van der Waals surface area contributed by atoms with Crippen LogP contribution in [0.15, 0.2) is 23.3 Å². The van der Waals surface area contributed by atoms with Gasteiger partial charge in [0.1, 0.15) is 5.75 Å². The summed E-state index contributed by atoms with van der Waals surface area (Å²) in [6.07, 6.45) is 3.39. The number of aromatic nitrogens is 1. The second kappa shape index (κ2) is 5.21. The van der Waals surface area contributed by atoms with E-state index in [9.17, 15) is 0 Å². The summed E-state index contributed by atoms with van der Waals surface area (Å²) in [6, 6.07) is 3.63. The van der Waals surface area contributed by atoms with Crippen LogP contribution in [0, 0.1) is 0 Å². The van der Waals surface area contributed by atoms with Crippen LogP contribution in [-0.2, 0) is 0 Å². The van der Waals surface area contributed by atoms with Crippen molar-refractivity contribution in [2.24, 2.45) is 4.99 Å². The summed E-state index contributed by atoms with van der Waals surface area (Å²) in [5.74, 6) is 1.46. The molecule has 0 saturated heterocycles. The molecule has 0 aliphatic carbocycles. The predicted molar refractivity (Wildman–Crippen MR) is 57.2 cm³/mol. The van der Waals surface area contributed by atoms with E-state index in [4.69, 9.17) is 4.74 Å². The zero-order valence-corrected chi connectivity index (χ0v) is 8.77. The van der Waals surface area contributed by atoms with Gasteiger partial charge in [0.25, 0.3) is 0 Å². The van der Waals surface area contributed by atoms with Crippen LogP contribution in [0.5, 0.6) is 5.75 Å². The van der Waals surface area contributed by atoms with Gasteiger partial charge >= 0.3 is 0 Å². The number of hydrogen-bond donors (Lipinski definition) is 0. The molecular weight excluding hydrogens is 178 g/mol. The van der Waals surface area contributed by atoms with Gasteiger partial charge in [-0.2, -0.15) is 0 Å². The minimum absolute atomic E-state index is 0.654. The molecule has 76 valence electrons. The third kappa shape index (κ3) is 3.43. The number of ether oxygens (including phenoxy) is 1. The SMILES string of the molecule is CCOc1ccnc(N=CN(C)C)c1. The first-order valence-electron chi connectivity index (χ1n) is 4.52. The van der Waals surface area contributed by atoms with Gasteiger partial charge in [-0.25, -0.2) is 9.98 Å². The van der Waals surface area contributed by atoms with E-state index in [1.54, 1.807) is 12.5 Å². The molecule has 1 heterocycles. The van der Waals surface area contributed by atoms with E-state index in [2.05, 4.69) is 9.98 Å². The molecule has 0 aliphatic heterocycles. The van der Waals surface area contributed by atoms with E-state index < -0.39 is 0 Å². The van der Waals surface area contributed by atoms with Crippen molar-refractivity contribution in [2.45, 2.75) is 6.92 Å². The predicted octanol–water partition coefficient (Wildman–Crippen LogP) is 1.70. The van der Waals surface area contributed by atoms with E-state index in [0.717, 1.165) is 5.75 Å².